The summed E-state index contributed by atoms with van der Waals surface area (Å²) in [5.74, 6) is 0. The summed E-state index contributed by atoms with van der Waals surface area (Å²) in [7, 11) is 1.60. The molecule has 0 fully saturated rings. The Balaban J connectivity index is 0. The third-order valence-corrected chi connectivity index (χ3v) is 0.743. The van der Waals surface area contributed by atoms with Crippen LogP contribution in [0.3, 0.4) is 0 Å². The van der Waals surface area contributed by atoms with Crippen molar-refractivity contribution in [2.75, 3.05) is 34.4 Å². The maximum Gasteiger partial charge on any atom is 0.330 e. The monoisotopic (exact) mass is 200 g/mol. The first kappa shape index (κ1) is 14.3. The van der Waals surface area contributed by atoms with Gasteiger partial charge in [-0.25, -0.2) is 5.14 Å². The molecule has 0 aromatic heterocycles. The van der Waals surface area contributed by atoms with Gasteiger partial charge in [0.25, 0.3) is 0 Å². The van der Waals surface area contributed by atoms with E-state index < -0.39 is 10.3 Å². The van der Waals surface area contributed by atoms with Crippen LogP contribution in [-0.4, -0.2) is 52.2 Å². The van der Waals surface area contributed by atoms with Crippen molar-refractivity contribution in [3.63, 3.8) is 0 Å². The summed E-state index contributed by atoms with van der Waals surface area (Å²) in [4.78, 5) is 2.09. The molecule has 0 saturated carbocycles. The molecule has 0 aliphatic heterocycles. The van der Waals surface area contributed by atoms with E-state index >= 15 is 0 Å². The molecule has 0 aliphatic carbocycles. The predicted molar refractivity (Wildman–Crippen MR) is 46.2 cm³/mol. The molecule has 0 aromatic rings. The lowest BCUT2D eigenvalue weighted by Gasteiger charge is -2.06. The molecule has 0 aromatic carbocycles. The summed E-state index contributed by atoms with van der Waals surface area (Å²) >= 11 is 0. The summed E-state index contributed by atoms with van der Waals surface area (Å²) in [5.41, 5.74) is 0. The maximum absolute atomic E-state index is 8.97. The Kier molecular flexibility index (Phi) is 8.88. The lowest BCUT2D eigenvalue weighted by molar-refractivity contribution is 0.172. The molecule has 12 heavy (non-hydrogen) atoms. The van der Waals surface area contributed by atoms with Gasteiger partial charge in [0.1, 0.15) is 0 Å². The van der Waals surface area contributed by atoms with Crippen molar-refractivity contribution in [3.05, 3.63) is 0 Å². The molecule has 3 N–H and O–H groups in total. The largest absolute Gasteiger partial charge is 0.383 e. The zero-order valence-corrected chi connectivity index (χ0v) is 8.34. The average Bonchev–Trinajstić information content (AvgIpc) is 1.79. The van der Waals surface area contributed by atoms with Crippen molar-refractivity contribution < 1.29 is 17.7 Å². The van der Waals surface area contributed by atoms with E-state index in [1.54, 1.807) is 7.11 Å². The summed E-state index contributed by atoms with van der Waals surface area (Å²) in [5, 5.41) is 3.88. The molecule has 0 spiro atoms. The minimum atomic E-state index is -4.17. The molecule has 0 radical (unpaired) electrons. The molecule has 0 rings (SSSR count). The number of methoxy groups -OCH3 is 1. The Morgan fingerprint density at radius 2 is 1.83 bits per heavy atom. The van der Waals surface area contributed by atoms with Crippen LogP contribution in [0.4, 0.5) is 0 Å². The predicted octanol–water partition coefficient (Wildman–Crippen LogP) is -1.06. The van der Waals surface area contributed by atoms with Crippen LogP contribution in [0.15, 0.2) is 0 Å². The van der Waals surface area contributed by atoms with E-state index in [1.807, 2.05) is 14.1 Å². The van der Waals surface area contributed by atoms with E-state index in [1.165, 1.54) is 0 Å². The van der Waals surface area contributed by atoms with Gasteiger partial charge in [-0.2, -0.15) is 8.42 Å². The van der Waals surface area contributed by atoms with Crippen LogP contribution >= 0.6 is 0 Å². The Bertz CT molecular complexity index is 170. The number of likely N-dealkylation sites (N-methyl/N-ethyl adjacent to an activating group) is 1. The van der Waals surface area contributed by atoms with Crippen molar-refractivity contribution >= 4 is 10.3 Å². The summed E-state index contributed by atoms with van der Waals surface area (Å²) < 4.78 is 30.0. The van der Waals surface area contributed by atoms with Crippen LogP contribution in [0.25, 0.3) is 0 Å². The van der Waals surface area contributed by atoms with Gasteiger partial charge in [-0.05, 0) is 14.1 Å². The molecule has 0 saturated heterocycles. The second kappa shape index (κ2) is 7.44. The first-order valence-corrected chi connectivity index (χ1v) is 4.66. The fourth-order valence-electron chi connectivity index (χ4n) is 0.274. The Morgan fingerprint density at radius 3 is 1.92 bits per heavy atom. The third kappa shape index (κ3) is 52.7. The zero-order chi connectivity index (χ0) is 10.2. The van der Waals surface area contributed by atoms with E-state index in [4.69, 9.17) is 17.7 Å². The van der Waals surface area contributed by atoms with Crippen LogP contribution in [0.1, 0.15) is 0 Å². The highest BCUT2D eigenvalue weighted by atomic mass is 32.2. The second-order valence-electron chi connectivity index (χ2n) is 2.31. The molecular weight excluding hydrogens is 184 g/mol. The smallest absolute Gasteiger partial charge is 0.330 e. The van der Waals surface area contributed by atoms with Crippen molar-refractivity contribution in [2.45, 2.75) is 0 Å². The van der Waals surface area contributed by atoms with Crippen LogP contribution in [0.2, 0.25) is 0 Å². The number of rotatable bonds is 3. The average molecular weight is 200 g/mol. The molecule has 7 heteroatoms. The fourth-order valence-corrected chi connectivity index (χ4v) is 0.274. The zero-order valence-electron chi connectivity index (χ0n) is 7.52. The number of nitrogens with zero attached hydrogens (tertiary/aromatic N) is 1. The lowest BCUT2D eigenvalue weighted by atomic mass is 10.6. The molecule has 6 nitrogen and oxygen atoms in total. The van der Waals surface area contributed by atoms with Gasteiger partial charge in [0.2, 0.25) is 0 Å². The normalized spacial score (nSPS) is 10.8. The Hall–Kier alpha value is -0.210. The van der Waals surface area contributed by atoms with Gasteiger partial charge >= 0.3 is 10.3 Å². The van der Waals surface area contributed by atoms with E-state index in [-0.39, 0.29) is 0 Å². The number of nitrogens with two attached hydrogens (primary N) is 1. The van der Waals surface area contributed by atoms with Crippen molar-refractivity contribution in [1.82, 2.24) is 4.90 Å². The van der Waals surface area contributed by atoms with E-state index in [0.717, 1.165) is 13.2 Å². The van der Waals surface area contributed by atoms with E-state index in [2.05, 4.69) is 10.0 Å². The number of hydrogen-bond donors (Lipinski definition) is 2. The summed E-state index contributed by atoms with van der Waals surface area (Å²) in [6.45, 7) is 1.84. The van der Waals surface area contributed by atoms with Gasteiger partial charge in [-0.3, -0.25) is 4.55 Å². The summed E-state index contributed by atoms with van der Waals surface area (Å²) in [6, 6.07) is 0. The highest BCUT2D eigenvalue weighted by Crippen LogP contribution is 1.71. The molecular formula is C5H16N2O4S. The molecule has 0 aliphatic rings. The number of hydrogen-bond acceptors (Lipinski definition) is 4. The van der Waals surface area contributed by atoms with Crippen LogP contribution < -0.4 is 5.14 Å². The van der Waals surface area contributed by atoms with Gasteiger partial charge in [0, 0.05) is 13.7 Å². The first-order chi connectivity index (χ1) is 5.27. The van der Waals surface area contributed by atoms with E-state index in [0.29, 0.717) is 0 Å². The molecule has 0 unspecified atom stereocenters. The van der Waals surface area contributed by atoms with Crippen LogP contribution in [0.5, 0.6) is 0 Å². The van der Waals surface area contributed by atoms with Gasteiger partial charge in [-0.1, -0.05) is 0 Å². The standard InChI is InChI=1S/C5H13NO.H3NO3S/c1-6(2)4-5-7-3;1-5(2,3)4/h4-5H2,1-3H3;(H3,1,2,3,4). The first-order valence-electron chi connectivity index (χ1n) is 3.16. The van der Waals surface area contributed by atoms with Crippen LogP contribution in [-0.2, 0) is 15.0 Å². The minimum Gasteiger partial charge on any atom is -0.383 e. The molecule has 0 atom stereocenters. The number of ether oxygens (including phenoxy) is 1. The molecule has 76 valence electrons. The quantitative estimate of drug-likeness (QED) is 0.567. The van der Waals surface area contributed by atoms with Gasteiger partial charge < -0.3 is 9.64 Å². The van der Waals surface area contributed by atoms with Crippen molar-refractivity contribution in [2.24, 2.45) is 5.14 Å². The molecule has 0 bridgehead atoms. The van der Waals surface area contributed by atoms with Crippen molar-refractivity contribution in [1.29, 1.82) is 0 Å². The van der Waals surface area contributed by atoms with E-state index in [9.17, 15) is 0 Å². The topological polar surface area (TPSA) is 92.9 Å². The second-order valence-corrected chi connectivity index (χ2v) is 3.34. The fraction of sp³-hybridized carbons (Fsp3) is 1.00. The maximum atomic E-state index is 8.97. The SMILES string of the molecule is COCCN(C)C.NS(=O)(=O)O. The lowest BCUT2D eigenvalue weighted by Crippen LogP contribution is -2.16. The van der Waals surface area contributed by atoms with Crippen molar-refractivity contribution in [3.8, 4) is 0 Å². The van der Waals surface area contributed by atoms with Gasteiger partial charge in [0.15, 0.2) is 0 Å². The Morgan fingerprint density at radius 1 is 1.50 bits per heavy atom. The molecule has 0 heterocycles. The Labute approximate surface area is 73.2 Å². The highest BCUT2D eigenvalue weighted by molar-refractivity contribution is 7.83. The molecule has 0 amide bonds. The summed E-state index contributed by atoms with van der Waals surface area (Å²) in [6.07, 6.45) is 0. The van der Waals surface area contributed by atoms with Gasteiger partial charge in [-0.15, -0.1) is 0 Å². The van der Waals surface area contributed by atoms with Crippen LogP contribution in [0, 0.1) is 0 Å². The third-order valence-electron chi connectivity index (χ3n) is 0.743. The highest BCUT2D eigenvalue weighted by Gasteiger charge is 1.83. The van der Waals surface area contributed by atoms with Gasteiger partial charge in [0.05, 0.1) is 6.61 Å². The minimum absolute atomic E-state index is 0.826.